The summed E-state index contributed by atoms with van der Waals surface area (Å²) in [7, 11) is 0. The van der Waals surface area contributed by atoms with Crippen LogP contribution in [-0.4, -0.2) is 40.8 Å². The van der Waals surface area contributed by atoms with Gasteiger partial charge in [0, 0.05) is 30.0 Å². The van der Waals surface area contributed by atoms with Crippen LogP contribution < -0.4 is 5.32 Å². The van der Waals surface area contributed by atoms with Crippen molar-refractivity contribution in [3.63, 3.8) is 0 Å². The van der Waals surface area contributed by atoms with Crippen LogP contribution in [0.25, 0.3) is 10.9 Å². The monoisotopic (exact) mass is 341 g/mol. The Kier molecular flexibility index (Phi) is 5.41. The van der Waals surface area contributed by atoms with Crippen LogP contribution in [0.4, 0.5) is 0 Å². The van der Waals surface area contributed by atoms with E-state index in [0.29, 0.717) is 18.8 Å². The van der Waals surface area contributed by atoms with Crippen LogP contribution in [0.1, 0.15) is 50.0 Å². The zero-order chi connectivity index (χ0) is 17.8. The average Bonchev–Trinajstić information content (AvgIpc) is 3.05. The van der Waals surface area contributed by atoms with E-state index < -0.39 is 0 Å². The molecule has 1 aliphatic rings. The Labute approximate surface area is 148 Å². The highest BCUT2D eigenvalue weighted by atomic mass is 16.2. The molecule has 0 saturated carbocycles. The van der Waals surface area contributed by atoms with Gasteiger partial charge in [0.25, 0.3) is 5.91 Å². The number of H-pyrrole nitrogens is 1. The van der Waals surface area contributed by atoms with Gasteiger partial charge in [-0.2, -0.15) is 0 Å². The number of likely N-dealkylation sites (tertiary alicyclic amines) is 1. The van der Waals surface area contributed by atoms with Gasteiger partial charge < -0.3 is 15.2 Å². The molecule has 2 heterocycles. The lowest BCUT2D eigenvalue weighted by atomic mass is 9.96. The van der Waals surface area contributed by atoms with Crippen LogP contribution in [0.3, 0.4) is 0 Å². The van der Waals surface area contributed by atoms with Crippen LogP contribution in [0, 0.1) is 5.92 Å². The highest BCUT2D eigenvalue weighted by Crippen LogP contribution is 2.21. The number of aromatic nitrogens is 1. The number of para-hydroxylation sites is 1. The largest absolute Gasteiger partial charge is 0.353 e. The maximum absolute atomic E-state index is 12.8. The Bertz CT molecular complexity index is 719. The number of amides is 2. The molecule has 1 saturated heterocycles. The number of hydrogen-bond acceptors (Lipinski definition) is 2. The molecule has 2 N–H and O–H groups in total. The Morgan fingerprint density at radius 3 is 2.92 bits per heavy atom. The maximum atomic E-state index is 12.8. The number of fused-ring (bicyclic) bond motifs is 1. The van der Waals surface area contributed by atoms with Crippen molar-refractivity contribution >= 4 is 22.7 Å². The number of carbonyl (C=O) groups excluding carboxylic acids is 2. The molecule has 5 heteroatoms. The van der Waals surface area contributed by atoms with E-state index in [2.05, 4.69) is 17.2 Å². The molecule has 134 valence electrons. The second-order valence-electron chi connectivity index (χ2n) is 7.06. The summed E-state index contributed by atoms with van der Waals surface area (Å²) in [4.78, 5) is 30.3. The minimum absolute atomic E-state index is 0.0182. The normalized spacial score (nSPS) is 19.0. The zero-order valence-corrected chi connectivity index (χ0v) is 15.0. The Hall–Kier alpha value is -2.30. The predicted molar refractivity (Wildman–Crippen MR) is 99.4 cm³/mol. The van der Waals surface area contributed by atoms with E-state index in [1.807, 2.05) is 42.2 Å². The molecular weight excluding hydrogens is 314 g/mol. The van der Waals surface area contributed by atoms with E-state index in [1.54, 1.807) is 0 Å². The molecule has 2 aromatic rings. The van der Waals surface area contributed by atoms with Gasteiger partial charge >= 0.3 is 0 Å². The first-order valence-electron chi connectivity index (χ1n) is 9.26. The molecule has 1 fully saturated rings. The van der Waals surface area contributed by atoms with Crippen molar-refractivity contribution in [2.24, 2.45) is 5.92 Å². The molecule has 0 aliphatic carbocycles. The van der Waals surface area contributed by atoms with Crippen molar-refractivity contribution in [2.45, 2.75) is 45.6 Å². The minimum Gasteiger partial charge on any atom is -0.353 e. The molecule has 1 aromatic carbocycles. The van der Waals surface area contributed by atoms with Crippen LogP contribution in [-0.2, 0) is 4.79 Å². The Morgan fingerprint density at radius 1 is 1.36 bits per heavy atom. The van der Waals surface area contributed by atoms with Crippen molar-refractivity contribution in [3.05, 3.63) is 36.0 Å². The smallest absolute Gasteiger partial charge is 0.270 e. The molecule has 0 radical (unpaired) electrons. The fourth-order valence-corrected chi connectivity index (χ4v) is 3.60. The summed E-state index contributed by atoms with van der Waals surface area (Å²) in [5.74, 6) is -0.0493. The highest BCUT2D eigenvalue weighted by Gasteiger charge is 2.29. The van der Waals surface area contributed by atoms with E-state index in [4.69, 9.17) is 0 Å². The van der Waals surface area contributed by atoms with Gasteiger partial charge in [0.2, 0.25) is 5.91 Å². The molecule has 1 aromatic heterocycles. The van der Waals surface area contributed by atoms with Gasteiger partial charge in [0.1, 0.15) is 5.69 Å². The van der Waals surface area contributed by atoms with Crippen molar-refractivity contribution in [1.29, 1.82) is 0 Å². The first kappa shape index (κ1) is 17.5. The van der Waals surface area contributed by atoms with Crippen LogP contribution in [0.15, 0.2) is 30.3 Å². The lowest BCUT2D eigenvalue weighted by Crippen LogP contribution is -2.47. The number of hydrogen-bond donors (Lipinski definition) is 2. The van der Waals surface area contributed by atoms with Gasteiger partial charge in [-0.3, -0.25) is 9.59 Å². The summed E-state index contributed by atoms with van der Waals surface area (Å²) in [6.45, 7) is 5.36. The number of rotatable bonds is 5. The van der Waals surface area contributed by atoms with Gasteiger partial charge in [-0.25, -0.2) is 0 Å². The zero-order valence-electron chi connectivity index (χ0n) is 15.0. The Morgan fingerprint density at radius 2 is 2.16 bits per heavy atom. The fraction of sp³-hybridized carbons (Fsp3) is 0.500. The van der Waals surface area contributed by atoms with Crippen molar-refractivity contribution in [2.75, 3.05) is 13.1 Å². The summed E-state index contributed by atoms with van der Waals surface area (Å²) >= 11 is 0. The third-order valence-corrected chi connectivity index (χ3v) is 4.95. The first-order chi connectivity index (χ1) is 12.1. The lowest BCUT2D eigenvalue weighted by molar-refractivity contribution is -0.127. The Balaban J connectivity index is 1.66. The molecule has 0 spiro atoms. The molecule has 5 nitrogen and oxygen atoms in total. The molecular formula is C20H27N3O2. The molecule has 2 amide bonds. The highest BCUT2D eigenvalue weighted by molar-refractivity contribution is 5.98. The van der Waals surface area contributed by atoms with E-state index >= 15 is 0 Å². The standard InChI is InChI=1S/C20H27N3O2/c1-3-7-14(2)21-19(24)16-9-6-11-23(13-16)20(25)18-12-15-8-4-5-10-17(15)22-18/h4-5,8,10,12,14,16,22H,3,6-7,9,11,13H2,1-2H3,(H,21,24)/t14-,16+/m0/s1. The van der Waals surface area contributed by atoms with Crippen molar-refractivity contribution in [1.82, 2.24) is 15.2 Å². The summed E-state index contributed by atoms with van der Waals surface area (Å²) in [5, 5.41) is 4.12. The van der Waals surface area contributed by atoms with Crippen molar-refractivity contribution in [3.8, 4) is 0 Å². The van der Waals surface area contributed by atoms with Gasteiger partial charge in [-0.15, -0.1) is 0 Å². The average molecular weight is 341 g/mol. The third-order valence-electron chi connectivity index (χ3n) is 4.95. The maximum Gasteiger partial charge on any atom is 0.270 e. The number of aromatic amines is 1. The summed E-state index contributed by atoms with van der Waals surface area (Å²) < 4.78 is 0. The van der Waals surface area contributed by atoms with E-state index in [9.17, 15) is 9.59 Å². The molecule has 2 atom stereocenters. The van der Waals surface area contributed by atoms with Crippen LogP contribution in [0.2, 0.25) is 0 Å². The van der Waals surface area contributed by atoms with Crippen LogP contribution in [0.5, 0.6) is 0 Å². The third kappa shape index (κ3) is 4.03. The van der Waals surface area contributed by atoms with E-state index in [1.165, 1.54) is 0 Å². The quantitative estimate of drug-likeness (QED) is 0.876. The number of benzene rings is 1. The van der Waals surface area contributed by atoms with Gasteiger partial charge in [0.05, 0.1) is 5.92 Å². The summed E-state index contributed by atoms with van der Waals surface area (Å²) in [6, 6.07) is 9.95. The molecule has 0 bridgehead atoms. The van der Waals surface area contributed by atoms with Gasteiger partial charge in [-0.1, -0.05) is 31.5 Å². The summed E-state index contributed by atoms with van der Waals surface area (Å²) in [6.07, 6.45) is 3.75. The van der Waals surface area contributed by atoms with E-state index in [0.717, 1.165) is 36.6 Å². The number of nitrogens with zero attached hydrogens (tertiary/aromatic N) is 1. The van der Waals surface area contributed by atoms with E-state index in [-0.39, 0.29) is 23.8 Å². The first-order valence-corrected chi connectivity index (χ1v) is 9.26. The second-order valence-corrected chi connectivity index (χ2v) is 7.06. The van der Waals surface area contributed by atoms with Gasteiger partial charge in [0.15, 0.2) is 0 Å². The lowest BCUT2D eigenvalue weighted by Gasteiger charge is -2.32. The molecule has 0 unspecified atom stereocenters. The van der Waals surface area contributed by atoms with Crippen LogP contribution >= 0.6 is 0 Å². The fourth-order valence-electron chi connectivity index (χ4n) is 3.60. The minimum atomic E-state index is -0.110. The number of carbonyl (C=O) groups is 2. The summed E-state index contributed by atoms with van der Waals surface area (Å²) in [5.41, 5.74) is 1.56. The van der Waals surface area contributed by atoms with Gasteiger partial charge in [-0.05, 0) is 38.3 Å². The molecule has 1 aliphatic heterocycles. The second kappa shape index (κ2) is 7.72. The number of nitrogens with one attached hydrogen (secondary N) is 2. The number of piperidine rings is 1. The molecule has 3 rings (SSSR count). The SMILES string of the molecule is CCC[C@H](C)NC(=O)[C@@H]1CCCN(C(=O)c2cc3ccccc3[nH]2)C1. The topological polar surface area (TPSA) is 65.2 Å². The van der Waals surface area contributed by atoms with Crippen molar-refractivity contribution < 1.29 is 9.59 Å². The predicted octanol–water partition coefficient (Wildman–Crippen LogP) is 3.32. The molecule has 25 heavy (non-hydrogen) atoms.